The van der Waals surface area contributed by atoms with Crippen molar-refractivity contribution in [2.45, 2.75) is 0 Å². The van der Waals surface area contributed by atoms with Crippen molar-refractivity contribution in [3.05, 3.63) is 46.6 Å². The zero-order chi connectivity index (χ0) is 10.8. The Morgan fingerprint density at radius 1 is 1.40 bits per heavy atom. The molecule has 2 aromatic rings. The highest BCUT2D eigenvalue weighted by Crippen LogP contribution is 2.22. The smallest absolute Gasteiger partial charge is 0.268 e. The first kappa shape index (κ1) is 9.39. The number of hydrogen-bond acceptors (Lipinski definition) is 3. The summed E-state index contributed by atoms with van der Waals surface area (Å²) in [5.74, 6) is 0. The summed E-state index contributed by atoms with van der Waals surface area (Å²) >= 11 is 0. The Balaban J connectivity index is 2.50. The van der Waals surface area contributed by atoms with Gasteiger partial charge in [-0.3, -0.25) is 14.8 Å². The van der Waals surface area contributed by atoms with Crippen molar-refractivity contribution in [1.82, 2.24) is 9.78 Å². The molecule has 0 radical (unpaired) electrons. The zero-order valence-corrected chi connectivity index (χ0v) is 8.12. The molecule has 0 unspecified atom stereocenters. The summed E-state index contributed by atoms with van der Waals surface area (Å²) in [4.78, 5) is 10.2. The van der Waals surface area contributed by atoms with Crippen LogP contribution in [0.1, 0.15) is 0 Å². The van der Waals surface area contributed by atoms with Gasteiger partial charge in [0.25, 0.3) is 5.69 Å². The molecule has 0 spiro atoms. The van der Waals surface area contributed by atoms with E-state index < -0.39 is 4.92 Å². The number of nitro benzene ring substituents is 1. The van der Waals surface area contributed by atoms with Crippen LogP contribution >= 0.6 is 0 Å². The van der Waals surface area contributed by atoms with E-state index in [9.17, 15) is 10.1 Å². The van der Waals surface area contributed by atoms with E-state index >= 15 is 0 Å². The quantitative estimate of drug-likeness (QED) is 0.554. The standard InChI is InChI=1S/C10H9N3O2/c1-12-10(5-6-11-12)8-3-2-4-9(7-8)13(14)15/h2-7H,1H3. The Labute approximate surface area is 86.1 Å². The summed E-state index contributed by atoms with van der Waals surface area (Å²) in [6, 6.07) is 8.32. The molecule has 0 saturated heterocycles. The molecule has 1 heterocycles. The Morgan fingerprint density at radius 2 is 2.20 bits per heavy atom. The van der Waals surface area contributed by atoms with Crippen LogP contribution < -0.4 is 0 Å². The van der Waals surface area contributed by atoms with Crippen LogP contribution in [-0.4, -0.2) is 14.7 Å². The van der Waals surface area contributed by atoms with E-state index in [1.165, 1.54) is 12.1 Å². The van der Waals surface area contributed by atoms with E-state index in [0.717, 1.165) is 11.3 Å². The van der Waals surface area contributed by atoms with Crippen LogP contribution in [0.15, 0.2) is 36.5 Å². The first-order valence-corrected chi connectivity index (χ1v) is 4.41. The second-order valence-electron chi connectivity index (χ2n) is 3.15. The van der Waals surface area contributed by atoms with E-state index in [-0.39, 0.29) is 5.69 Å². The molecule has 15 heavy (non-hydrogen) atoms. The lowest BCUT2D eigenvalue weighted by Gasteiger charge is -2.01. The summed E-state index contributed by atoms with van der Waals surface area (Å²) in [5.41, 5.74) is 1.75. The number of aromatic nitrogens is 2. The molecule has 2 rings (SSSR count). The maximum atomic E-state index is 10.6. The van der Waals surface area contributed by atoms with Crippen LogP contribution in [0.5, 0.6) is 0 Å². The number of nitro groups is 1. The lowest BCUT2D eigenvalue weighted by atomic mass is 10.1. The van der Waals surface area contributed by atoms with Gasteiger partial charge in [-0.25, -0.2) is 0 Å². The minimum absolute atomic E-state index is 0.0914. The number of nitrogens with zero attached hydrogens (tertiary/aromatic N) is 3. The summed E-state index contributed by atoms with van der Waals surface area (Å²) < 4.78 is 1.68. The minimum Gasteiger partial charge on any atom is -0.268 e. The summed E-state index contributed by atoms with van der Waals surface area (Å²) in [7, 11) is 1.80. The van der Waals surface area contributed by atoms with Crippen molar-refractivity contribution >= 4 is 5.69 Å². The van der Waals surface area contributed by atoms with E-state index in [4.69, 9.17) is 0 Å². The molecule has 0 aliphatic carbocycles. The Bertz CT molecular complexity index is 505. The second kappa shape index (κ2) is 3.53. The third kappa shape index (κ3) is 1.71. The van der Waals surface area contributed by atoms with Crippen LogP contribution in [0.25, 0.3) is 11.3 Å². The van der Waals surface area contributed by atoms with Crippen molar-refractivity contribution in [2.24, 2.45) is 7.05 Å². The number of rotatable bonds is 2. The molecule has 0 aliphatic heterocycles. The van der Waals surface area contributed by atoms with E-state index in [2.05, 4.69) is 5.10 Å². The van der Waals surface area contributed by atoms with E-state index in [1.54, 1.807) is 24.0 Å². The molecule has 0 saturated carbocycles. The minimum atomic E-state index is -0.403. The van der Waals surface area contributed by atoms with E-state index in [1.807, 2.05) is 12.1 Å². The van der Waals surface area contributed by atoms with Crippen LogP contribution in [0.2, 0.25) is 0 Å². The highest BCUT2D eigenvalue weighted by molar-refractivity contribution is 5.62. The monoisotopic (exact) mass is 203 g/mol. The number of benzene rings is 1. The lowest BCUT2D eigenvalue weighted by molar-refractivity contribution is -0.384. The van der Waals surface area contributed by atoms with Crippen molar-refractivity contribution in [3.63, 3.8) is 0 Å². The summed E-state index contributed by atoms with van der Waals surface area (Å²) in [6.07, 6.45) is 1.66. The molecule has 5 nitrogen and oxygen atoms in total. The molecule has 0 atom stereocenters. The molecule has 76 valence electrons. The SMILES string of the molecule is Cn1nccc1-c1cccc([N+](=O)[O-])c1. The van der Waals surface area contributed by atoms with Gasteiger partial charge in [-0.15, -0.1) is 0 Å². The fourth-order valence-electron chi connectivity index (χ4n) is 1.44. The summed E-state index contributed by atoms with van der Waals surface area (Å²) in [5, 5.41) is 14.6. The van der Waals surface area contributed by atoms with Crippen molar-refractivity contribution < 1.29 is 4.92 Å². The predicted molar refractivity (Wildman–Crippen MR) is 55.3 cm³/mol. The van der Waals surface area contributed by atoms with Gasteiger partial charge in [0.1, 0.15) is 0 Å². The molecule has 1 aromatic carbocycles. The first-order chi connectivity index (χ1) is 7.18. The van der Waals surface area contributed by atoms with Crippen LogP contribution in [0.4, 0.5) is 5.69 Å². The lowest BCUT2D eigenvalue weighted by Crippen LogP contribution is -1.94. The Hall–Kier alpha value is -2.17. The number of non-ortho nitro benzene ring substituents is 1. The van der Waals surface area contributed by atoms with Gasteiger partial charge in [0.05, 0.1) is 10.6 Å². The van der Waals surface area contributed by atoms with Gasteiger partial charge in [0, 0.05) is 30.9 Å². The maximum Gasteiger partial charge on any atom is 0.270 e. The molecule has 1 aromatic heterocycles. The van der Waals surface area contributed by atoms with Gasteiger partial charge < -0.3 is 0 Å². The maximum absolute atomic E-state index is 10.6. The van der Waals surface area contributed by atoms with Gasteiger partial charge in [-0.1, -0.05) is 12.1 Å². The van der Waals surface area contributed by atoms with Crippen molar-refractivity contribution in [1.29, 1.82) is 0 Å². The normalized spacial score (nSPS) is 10.2. The Kier molecular flexibility index (Phi) is 2.21. The number of aryl methyl sites for hydroxylation is 1. The molecular formula is C10H9N3O2. The molecule has 0 bridgehead atoms. The Morgan fingerprint density at radius 3 is 2.80 bits per heavy atom. The van der Waals surface area contributed by atoms with Gasteiger partial charge >= 0.3 is 0 Å². The second-order valence-corrected chi connectivity index (χ2v) is 3.15. The fraction of sp³-hybridized carbons (Fsp3) is 0.100. The van der Waals surface area contributed by atoms with Crippen molar-refractivity contribution in [2.75, 3.05) is 0 Å². The third-order valence-corrected chi connectivity index (χ3v) is 2.17. The average Bonchev–Trinajstić information content (AvgIpc) is 2.64. The van der Waals surface area contributed by atoms with Crippen LogP contribution in [0, 0.1) is 10.1 Å². The van der Waals surface area contributed by atoms with Gasteiger partial charge in [0.2, 0.25) is 0 Å². The van der Waals surface area contributed by atoms with Gasteiger partial charge in [-0.05, 0) is 6.07 Å². The van der Waals surface area contributed by atoms with E-state index in [0.29, 0.717) is 0 Å². The molecule has 0 amide bonds. The largest absolute Gasteiger partial charge is 0.270 e. The van der Waals surface area contributed by atoms with Crippen molar-refractivity contribution in [3.8, 4) is 11.3 Å². The highest BCUT2D eigenvalue weighted by Gasteiger charge is 2.08. The molecule has 0 N–H and O–H groups in total. The fourth-order valence-corrected chi connectivity index (χ4v) is 1.44. The predicted octanol–water partition coefficient (Wildman–Crippen LogP) is 2.00. The van der Waals surface area contributed by atoms with Gasteiger partial charge in [0.15, 0.2) is 0 Å². The molecule has 0 aliphatic rings. The zero-order valence-electron chi connectivity index (χ0n) is 8.12. The van der Waals surface area contributed by atoms with Crippen LogP contribution in [0.3, 0.4) is 0 Å². The highest BCUT2D eigenvalue weighted by atomic mass is 16.6. The molecule has 5 heteroatoms. The first-order valence-electron chi connectivity index (χ1n) is 4.41. The van der Waals surface area contributed by atoms with Gasteiger partial charge in [-0.2, -0.15) is 5.10 Å². The number of hydrogen-bond donors (Lipinski definition) is 0. The molecule has 0 fully saturated rings. The topological polar surface area (TPSA) is 61.0 Å². The van der Waals surface area contributed by atoms with Crippen LogP contribution in [-0.2, 0) is 7.05 Å². The third-order valence-electron chi connectivity index (χ3n) is 2.17. The summed E-state index contributed by atoms with van der Waals surface area (Å²) in [6.45, 7) is 0. The average molecular weight is 203 g/mol. The molecular weight excluding hydrogens is 194 g/mol.